The molecule has 6 nitrogen and oxygen atoms in total. The van der Waals surface area contributed by atoms with Crippen molar-refractivity contribution >= 4 is 15.7 Å². The van der Waals surface area contributed by atoms with Crippen LogP contribution in [0.15, 0.2) is 29.2 Å². The average molecular weight is 300 g/mol. The van der Waals surface area contributed by atoms with Gasteiger partial charge in [-0.1, -0.05) is 0 Å². The summed E-state index contributed by atoms with van der Waals surface area (Å²) >= 11 is 0. The van der Waals surface area contributed by atoms with Gasteiger partial charge in [0.1, 0.15) is 0 Å². The zero-order valence-corrected chi connectivity index (χ0v) is 12.3. The Kier molecular flexibility index (Phi) is 6.63. The Morgan fingerprint density at radius 2 is 1.90 bits per heavy atom. The Labute approximate surface area is 119 Å². The van der Waals surface area contributed by atoms with Crippen molar-refractivity contribution in [3.8, 4) is 0 Å². The first kappa shape index (κ1) is 16.6. The highest BCUT2D eigenvalue weighted by Gasteiger charge is 2.09. The van der Waals surface area contributed by atoms with Crippen molar-refractivity contribution in [1.82, 2.24) is 5.32 Å². The topological polar surface area (TPSA) is 98.5 Å². The second-order valence-electron chi connectivity index (χ2n) is 4.31. The number of amides is 1. The summed E-state index contributed by atoms with van der Waals surface area (Å²) in [5.74, 6) is -0.233. The summed E-state index contributed by atoms with van der Waals surface area (Å²) in [5.41, 5.74) is 5.70. The zero-order valence-electron chi connectivity index (χ0n) is 11.5. The summed E-state index contributed by atoms with van der Waals surface area (Å²) in [6, 6.07) is 5.84. The molecule has 1 amide bonds. The molecule has 112 valence electrons. The number of benzene rings is 1. The fraction of sp³-hybridized carbons (Fsp3) is 0.462. The molecule has 0 heterocycles. The summed E-state index contributed by atoms with van der Waals surface area (Å²) in [7, 11) is -3.23. The van der Waals surface area contributed by atoms with Crippen LogP contribution >= 0.6 is 0 Å². The highest BCUT2D eigenvalue weighted by molar-refractivity contribution is 7.90. The summed E-state index contributed by atoms with van der Waals surface area (Å²) in [6.07, 6.45) is 1.83. The standard InChI is InChI=1S/C13H20N2O4S/c1-20(17,18)12-5-3-11(4-6-12)13(16)15-8-2-9-19-10-7-14/h3-6H,2,7-10,14H2,1H3,(H,15,16). The van der Waals surface area contributed by atoms with E-state index in [1.165, 1.54) is 24.3 Å². The maximum Gasteiger partial charge on any atom is 0.251 e. The lowest BCUT2D eigenvalue weighted by atomic mass is 10.2. The van der Waals surface area contributed by atoms with E-state index in [1.54, 1.807) is 0 Å². The number of hydrogen-bond acceptors (Lipinski definition) is 5. The van der Waals surface area contributed by atoms with Gasteiger partial charge in [-0.3, -0.25) is 4.79 Å². The van der Waals surface area contributed by atoms with Crippen molar-refractivity contribution in [2.45, 2.75) is 11.3 Å². The number of hydrogen-bond donors (Lipinski definition) is 2. The molecule has 7 heteroatoms. The molecule has 20 heavy (non-hydrogen) atoms. The minimum Gasteiger partial charge on any atom is -0.380 e. The minimum absolute atomic E-state index is 0.198. The lowest BCUT2D eigenvalue weighted by Gasteiger charge is -2.06. The Hall–Kier alpha value is -1.44. The van der Waals surface area contributed by atoms with Crippen LogP contribution in [0.25, 0.3) is 0 Å². The van der Waals surface area contributed by atoms with Gasteiger partial charge in [-0.2, -0.15) is 0 Å². The zero-order chi connectivity index (χ0) is 15.0. The van der Waals surface area contributed by atoms with Crippen molar-refractivity contribution in [3.63, 3.8) is 0 Å². The number of ether oxygens (including phenoxy) is 1. The molecule has 0 aliphatic heterocycles. The Bertz CT molecular complexity index is 526. The van der Waals surface area contributed by atoms with Gasteiger partial charge in [0.05, 0.1) is 11.5 Å². The number of carbonyl (C=O) groups excluding carboxylic acids is 1. The summed E-state index contributed by atoms with van der Waals surface area (Å²) in [6.45, 7) is 2.04. The largest absolute Gasteiger partial charge is 0.380 e. The predicted molar refractivity (Wildman–Crippen MR) is 76.4 cm³/mol. The van der Waals surface area contributed by atoms with E-state index >= 15 is 0 Å². The van der Waals surface area contributed by atoms with Crippen LogP contribution in [-0.4, -0.2) is 46.9 Å². The molecule has 0 aliphatic carbocycles. The quantitative estimate of drug-likeness (QED) is 0.668. The van der Waals surface area contributed by atoms with E-state index in [-0.39, 0.29) is 10.8 Å². The first-order chi connectivity index (χ1) is 9.45. The molecule has 1 aromatic rings. The highest BCUT2D eigenvalue weighted by Crippen LogP contribution is 2.10. The molecule has 3 N–H and O–H groups in total. The maximum absolute atomic E-state index is 11.8. The van der Waals surface area contributed by atoms with Gasteiger partial charge in [0, 0.05) is 31.5 Å². The van der Waals surface area contributed by atoms with Gasteiger partial charge in [0.25, 0.3) is 5.91 Å². The molecule has 1 aromatic carbocycles. The molecule has 0 fully saturated rings. The monoisotopic (exact) mass is 300 g/mol. The maximum atomic E-state index is 11.8. The third kappa shape index (κ3) is 5.68. The normalized spacial score (nSPS) is 11.3. The van der Waals surface area contributed by atoms with Crippen LogP contribution in [0.3, 0.4) is 0 Å². The van der Waals surface area contributed by atoms with Crippen LogP contribution in [-0.2, 0) is 14.6 Å². The molecule has 0 spiro atoms. The second kappa shape index (κ2) is 7.98. The summed E-state index contributed by atoms with van der Waals surface area (Å²) in [4.78, 5) is 12.0. The van der Waals surface area contributed by atoms with Gasteiger partial charge in [0.2, 0.25) is 0 Å². The molecular formula is C13H20N2O4S. The number of sulfone groups is 1. The van der Waals surface area contributed by atoms with Crippen LogP contribution in [0.5, 0.6) is 0 Å². The molecule has 1 rings (SSSR count). The van der Waals surface area contributed by atoms with Gasteiger partial charge in [-0.05, 0) is 30.7 Å². The van der Waals surface area contributed by atoms with E-state index < -0.39 is 9.84 Å². The van der Waals surface area contributed by atoms with E-state index in [4.69, 9.17) is 10.5 Å². The highest BCUT2D eigenvalue weighted by atomic mass is 32.2. The first-order valence-electron chi connectivity index (χ1n) is 6.31. The van der Waals surface area contributed by atoms with Gasteiger partial charge < -0.3 is 15.8 Å². The lowest BCUT2D eigenvalue weighted by Crippen LogP contribution is -2.25. The number of nitrogens with one attached hydrogen (secondary N) is 1. The van der Waals surface area contributed by atoms with Gasteiger partial charge in [-0.25, -0.2) is 8.42 Å². The summed E-state index contributed by atoms with van der Waals surface area (Å²) < 4.78 is 27.8. The van der Waals surface area contributed by atoms with E-state index in [0.717, 1.165) is 6.26 Å². The number of nitrogens with two attached hydrogens (primary N) is 1. The predicted octanol–water partition coefficient (Wildman–Crippen LogP) is 0.185. The van der Waals surface area contributed by atoms with Crippen molar-refractivity contribution in [2.24, 2.45) is 5.73 Å². The molecule has 0 bridgehead atoms. The van der Waals surface area contributed by atoms with E-state index in [2.05, 4.69) is 5.32 Å². The first-order valence-corrected chi connectivity index (χ1v) is 8.20. The molecule has 0 atom stereocenters. The van der Waals surface area contributed by atoms with Crippen molar-refractivity contribution in [1.29, 1.82) is 0 Å². The number of rotatable bonds is 8. The van der Waals surface area contributed by atoms with Crippen LogP contribution in [0.2, 0.25) is 0 Å². The third-order valence-electron chi connectivity index (χ3n) is 2.56. The lowest BCUT2D eigenvalue weighted by molar-refractivity contribution is 0.0943. The molecular weight excluding hydrogens is 280 g/mol. The van der Waals surface area contributed by atoms with Gasteiger partial charge in [-0.15, -0.1) is 0 Å². The molecule has 0 aliphatic rings. The van der Waals surface area contributed by atoms with E-state index in [0.29, 0.717) is 38.3 Å². The third-order valence-corrected chi connectivity index (χ3v) is 3.69. The SMILES string of the molecule is CS(=O)(=O)c1ccc(C(=O)NCCCOCCN)cc1. The van der Waals surface area contributed by atoms with E-state index in [1.807, 2.05) is 0 Å². The molecule has 0 saturated carbocycles. The van der Waals surface area contributed by atoms with Gasteiger partial charge in [0.15, 0.2) is 9.84 Å². The van der Waals surface area contributed by atoms with Crippen molar-refractivity contribution < 1.29 is 17.9 Å². The molecule has 0 radical (unpaired) electrons. The van der Waals surface area contributed by atoms with Gasteiger partial charge >= 0.3 is 0 Å². The van der Waals surface area contributed by atoms with Crippen molar-refractivity contribution in [3.05, 3.63) is 29.8 Å². The second-order valence-corrected chi connectivity index (χ2v) is 6.32. The Morgan fingerprint density at radius 1 is 1.25 bits per heavy atom. The molecule has 0 saturated heterocycles. The van der Waals surface area contributed by atoms with Crippen LogP contribution in [0, 0.1) is 0 Å². The number of carbonyl (C=O) groups is 1. The fourth-order valence-electron chi connectivity index (χ4n) is 1.52. The minimum atomic E-state index is -3.23. The van der Waals surface area contributed by atoms with Crippen molar-refractivity contribution in [2.75, 3.05) is 32.6 Å². The Balaban J connectivity index is 2.40. The average Bonchev–Trinajstić information content (AvgIpc) is 2.41. The molecule has 0 aromatic heterocycles. The summed E-state index contributed by atoms with van der Waals surface area (Å²) in [5, 5.41) is 2.73. The smallest absolute Gasteiger partial charge is 0.251 e. The van der Waals surface area contributed by atoms with E-state index in [9.17, 15) is 13.2 Å². The molecule has 0 unspecified atom stereocenters. The fourth-order valence-corrected chi connectivity index (χ4v) is 2.15. The Morgan fingerprint density at radius 3 is 2.45 bits per heavy atom. The van der Waals surface area contributed by atoms with Crippen LogP contribution < -0.4 is 11.1 Å². The van der Waals surface area contributed by atoms with Crippen LogP contribution in [0.1, 0.15) is 16.8 Å². The van der Waals surface area contributed by atoms with Crippen LogP contribution in [0.4, 0.5) is 0 Å².